The zero-order valence-corrected chi connectivity index (χ0v) is 15.7. The van der Waals surface area contributed by atoms with Crippen molar-refractivity contribution in [1.82, 2.24) is 10.2 Å². The fourth-order valence-electron chi connectivity index (χ4n) is 3.52. The quantitative estimate of drug-likeness (QED) is 0.829. The third kappa shape index (κ3) is 4.43. The van der Waals surface area contributed by atoms with Crippen LogP contribution in [0.3, 0.4) is 0 Å². The highest BCUT2D eigenvalue weighted by atomic mass is 35.5. The molecule has 1 unspecified atom stereocenters. The van der Waals surface area contributed by atoms with Crippen molar-refractivity contribution in [3.8, 4) is 0 Å². The second kappa shape index (κ2) is 8.65. The first-order valence-corrected chi connectivity index (χ1v) is 9.46. The summed E-state index contributed by atoms with van der Waals surface area (Å²) in [6.45, 7) is 4.59. The Labute approximate surface area is 159 Å². The first-order valence-electron chi connectivity index (χ1n) is 9.09. The normalized spacial score (nSPS) is 15.3. The molecule has 3 rings (SSSR count). The van der Waals surface area contributed by atoms with E-state index < -0.39 is 5.82 Å². The van der Waals surface area contributed by atoms with E-state index in [2.05, 4.69) is 41.4 Å². The maximum absolute atomic E-state index is 13.8. The average molecular weight is 375 g/mol. The number of carbonyl (C=O) groups is 1. The first-order chi connectivity index (χ1) is 12.6. The van der Waals surface area contributed by atoms with Crippen LogP contribution < -0.4 is 5.32 Å². The van der Waals surface area contributed by atoms with E-state index in [1.807, 2.05) is 0 Å². The molecule has 1 aliphatic rings. The molecule has 5 heteroatoms. The summed E-state index contributed by atoms with van der Waals surface area (Å²) in [6, 6.07) is 13.3. The highest BCUT2D eigenvalue weighted by Crippen LogP contribution is 2.22. The lowest BCUT2D eigenvalue weighted by Crippen LogP contribution is -2.46. The van der Waals surface area contributed by atoms with Crippen LogP contribution in [0, 0.1) is 5.82 Å². The lowest BCUT2D eigenvalue weighted by Gasteiger charge is -2.35. The van der Waals surface area contributed by atoms with Gasteiger partial charge in [-0.2, -0.15) is 0 Å². The van der Waals surface area contributed by atoms with Gasteiger partial charge in [-0.25, -0.2) is 4.39 Å². The molecule has 1 amide bonds. The number of fused-ring (bicyclic) bond motifs is 1. The Morgan fingerprint density at radius 1 is 1.23 bits per heavy atom. The molecule has 0 bridgehead atoms. The van der Waals surface area contributed by atoms with Crippen molar-refractivity contribution < 1.29 is 9.18 Å². The molecule has 0 saturated carbocycles. The Balaban J connectivity index is 1.57. The molecular weight excluding hydrogens is 351 g/mol. The summed E-state index contributed by atoms with van der Waals surface area (Å²) in [7, 11) is 0. The predicted molar refractivity (Wildman–Crippen MR) is 103 cm³/mol. The van der Waals surface area contributed by atoms with Crippen LogP contribution in [0.1, 0.15) is 30.0 Å². The molecule has 2 aromatic rings. The van der Waals surface area contributed by atoms with Gasteiger partial charge in [0.15, 0.2) is 0 Å². The van der Waals surface area contributed by atoms with E-state index in [4.69, 9.17) is 11.6 Å². The summed E-state index contributed by atoms with van der Waals surface area (Å²) >= 11 is 6.00. The molecule has 1 aliphatic heterocycles. The summed E-state index contributed by atoms with van der Waals surface area (Å²) in [4.78, 5) is 14.7. The summed E-state index contributed by atoms with van der Waals surface area (Å²) < 4.78 is 13.8. The topological polar surface area (TPSA) is 32.3 Å². The van der Waals surface area contributed by atoms with Crippen molar-refractivity contribution in [3.05, 3.63) is 70.0 Å². The van der Waals surface area contributed by atoms with Crippen LogP contribution >= 0.6 is 11.6 Å². The largest absolute Gasteiger partial charge is 0.354 e. The van der Waals surface area contributed by atoms with Crippen molar-refractivity contribution in [1.29, 1.82) is 0 Å². The third-order valence-electron chi connectivity index (χ3n) is 5.08. The second-order valence-corrected chi connectivity index (χ2v) is 7.14. The van der Waals surface area contributed by atoms with Crippen LogP contribution in [-0.2, 0) is 24.2 Å². The Hall–Kier alpha value is -1.91. The molecule has 2 aromatic carbocycles. The molecule has 26 heavy (non-hydrogen) atoms. The maximum atomic E-state index is 13.8. The number of hydrogen-bond donors (Lipinski definition) is 1. The minimum atomic E-state index is -0.438. The molecule has 1 heterocycles. The number of nitrogens with one attached hydrogen (secondary N) is 1. The molecule has 0 spiro atoms. The van der Waals surface area contributed by atoms with Gasteiger partial charge in [0.1, 0.15) is 5.82 Å². The zero-order valence-electron chi connectivity index (χ0n) is 15.0. The third-order valence-corrected chi connectivity index (χ3v) is 5.44. The van der Waals surface area contributed by atoms with Gasteiger partial charge in [-0.3, -0.25) is 9.69 Å². The van der Waals surface area contributed by atoms with Crippen LogP contribution in [0.2, 0.25) is 5.02 Å². The molecule has 1 N–H and O–H groups in total. The molecule has 3 nitrogen and oxygen atoms in total. The van der Waals surface area contributed by atoms with E-state index in [9.17, 15) is 9.18 Å². The molecule has 0 radical (unpaired) electrons. The van der Waals surface area contributed by atoms with Gasteiger partial charge in [0.05, 0.1) is 6.42 Å². The summed E-state index contributed by atoms with van der Waals surface area (Å²) in [5.41, 5.74) is 3.03. The van der Waals surface area contributed by atoms with Crippen LogP contribution in [0.15, 0.2) is 42.5 Å². The highest BCUT2D eigenvalue weighted by Gasteiger charge is 2.23. The molecule has 0 saturated heterocycles. The highest BCUT2D eigenvalue weighted by molar-refractivity contribution is 6.31. The van der Waals surface area contributed by atoms with Crippen LogP contribution in [0.4, 0.5) is 4.39 Å². The van der Waals surface area contributed by atoms with Gasteiger partial charge in [0.2, 0.25) is 5.91 Å². The van der Waals surface area contributed by atoms with Crippen molar-refractivity contribution in [2.75, 3.05) is 13.1 Å². The van der Waals surface area contributed by atoms with E-state index in [0.717, 1.165) is 25.9 Å². The van der Waals surface area contributed by atoms with Gasteiger partial charge in [0.25, 0.3) is 0 Å². The zero-order chi connectivity index (χ0) is 18.5. The summed E-state index contributed by atoms with van der Waals surface area (Å²) in [5, 5.41) is 3.24. The fourth-order valence-corrected chi connectivity index (χ4v) is 3.75. The van der Waals surface area contributed by atoms with Crippen LogP contribution in [0.5, 0.6) is 0 Å². The van der Waals surface area contributed by atoms with Crippen molar-refractivity contribution in [2.45, 2.75) is 38.8 Å². The number of rotatable bonds is 6. The van der Waals surface area contributed by atoms with Gasteiger partial charge in [-0.05, 0) is 36.1 Å². The average Bonchev–Trinajstić information content (AvgIpc) is 2.65. The second-order valence-electron chi connectivity index (χ2n) is 6.73. The Kier molecular flexibility index (Phi) is 6.28. The van der Waals surface area contributed by atoms with E-state index >= 15 is 0 Å². The van der Waals surface area contributed by atoms with E-state index in [0.29, 0.717) is 11.6 Å². The van der Waals surface area contributed by atoms with Gasteiger partial charge in [0, 0.05) is 36.3 Å². The molecule has 138 valence electrons. The standard InChI is InChI=1S/C21H24ClFN2O/c1-2-17(25-11-10-15-6-3-4-7-16(15)14-25)13-24-21(26)12-18-19(22)8-5-9-20(18)23/h3-9,17H,2,10-14H2,1H3,(H,24,26). The number of benzene rings is 2. The van der Waals surface area contributed by atoms with Crippen LogP contribution in [-0.4, -0.2) is 29.9 Å². The minimum Gasteiger partial charge on any atom is -0.354 e. The van der Waals surface area contributed by atoms with Crippen molar-refractivity contribution in [2.24, 2.45) is 0 Å². The number of nitrogens with zero attached hydrogens (tertiary/aromatic N) is 1. The summed E-state index contributed by atoms with van der Waals surface area (Å²) in [5.74, 6) is -0.639. The molecule has 0 fully saturated rings. The molecule has 0 aliphatic carbocycles. The number of carbonyl (C=O) groups excluding carboxylic acids is 1. The Morgan fingerprint density at radius 3 is 2.73 bits per heavy atom. The monoisotopic (exact) mass is 374 g/mol. The SMILES string of the molecule is CCC(CNC(=O)Cc1c(F)cccc1Cl)N1CCc2ccccc2C1. The number of amides is 1. The van der Waals surface area contributed by atoms with Gasteiger partial charge in [-0.1, -0.05) is 48.9 Å². The lowest BCUT2D eigenvalue weighted by atomic mass is 9.98. The Morgan fingerprint density at radius 2 is 2.00 bits per heavy atom. The minimum absolute atomic E-state index is 0.0369. The van der Waals surface area contributed by atoms with Crippen molar-refractivity contribution in [3.63, 3.8) is 0 Å². The van der Waals surface area contributed by atoms with E-state index in [1.165, 1.54) is 17.2 Å². The number of hydrogen-bond acceptors (Lipinski definition) is 2. The fraction of sp³-hybridized carbons (Fsp3) is 0.381. The maximum Gasteiger partial charge on any atom is 0.224 e. The van der Waals surface area contributed by atoms with Gasteiger partial charge < -0.3 is 5.32 Å². The molecular formula is C21H24ClFN2O. The smallest absolute Gasteiger partial charge is 0.224 e. The molecule has 0 aromatic heterocycles. The van der Waals surface area contributed by atoms with Gasteiger partial charge in [-0.15, -0.1) is 0 Å². The van der Waals surface area contributed by atoms with E-state index in [1.54, 1.807) is 12.1 Å². The van der Waals surface area contributed by atoms with Crippen molar-refractivity contribution >= 4 is 17.5 Å². The first kappa shape index (κ1) is 18.9. The van der Waals surface area contributed by atoms with Crippen LogP contribution in [0.25, 0.3) is 0 Å². The van der Waals surface area contributed by atoms with Gasteiger partial charge >= 0.3 is 0 Å². The predicted octanol–water partition coefficient (Wildman–Crippen LogP) is 3.97. The molecule has 1 atom stereocenters. The summed E-state index contributed by atoms with van der Waals surface area (Å²) in [6.07, 6.45) is 1.94. The number of halogens is 2. The lowest BCUT2D eigenvalue weighted by molar-refractivity contribution is -0.120. The van der Waals surface area contributed by atoms with E-state index in [-0.39, 0.29) is 23.9 Å². The Bertz CT molecular complexity index is 760.